The van der Waals surface area contributed by atoms with E-state index in [2.05, 4.69) is 32.2 Å². The fourth-order valence-corrected chi connectivity index (χ4v) is 4.43. The van der Waals surface area contributed by atoms with Gasteiger partial charge in [-0.1, -0.05) is 33.6 Å². The average molecular weight is 324 g/mol. The lowest BCUT2D eigenvalue weighted by atomic mass is 9.84. The quantitative estimate of drug-likeness (QED) is 0.854. The molecule has 1 atom stereocenters. The van der Waals surface area contributed by atoms with Gasteiger partial charge in [0.25, 0.3) is 0 Å². The van der Waals surface area contributed by atoms with Crippen molar-refractivity contribution in [2.24, 2.45) is 5.41 Å². The second kappa shape index (κ2) is 6.71. The number of aliphatic hydroxyl groups is 1. The first kappa shape index (κ1) is 17.5. The highest BCUT2D eigenvalue weighted by molar-refractivity contribution is 7.12. The molecular formula is C18H29NO2S. The van der Waals surface area contributed by atoms with Gasteiger partial charge >= 0.3 is 0 Å². The summed E-state index contributed by atoms with van der Waals surface area (Å²) < 4.78 is 0. The molecule has 4 heteroatoms. The van der Waals surface area contributed by atoms with E-state index in [0.717, 1.165) is 24.3 Å². The number of rotatable bonds is 5. The van der Waals surface area contributed by atoms with Crippen LogP contribution >= 0.6 is 11.3 Å². The predicted molar refractivity (Wildman–Crippen MR) is 92.2 cm³/mol. The molecular weight excluding hydrogens is 294 g/mol. The van der Waals surface area contributed by atoms with Crippen LogP contribution in [0.4, 0.5) is 0 Å². The number of aliphatic hydroxyl groups excluding tert-OH is 1. The zero-order valence-electron chi connectivity index (χ0n) is 14.2. The van der Waals surface area contributed by atoms with E-state index in [-0.39, 0.29) is 16.7 Å². The Labute approximate surface area is 138 Å². The van der Waals surface area contributed by atoms with Crippen LogP contribution in [0.5, 0.6) is 0 Å². The molecule has 1 aromatic heterocycles. The fraction of sp³-hybridized carbons (Fsp3) is 0.722. The lowest BCUT2D eigenvalue weighted by Crippen LogP contribution is -2.39. The van der Waals surface area contributed by atoms with Gasteiger partial charge in [0.2, 0.25) is 5.91 Å². The highest BCUT2D eigenvalue weighted by atomic mass is 32.1. The number of hydrogen-bond donors (Lipinski definition) is 2. The van der Waals surface area contributed by atoms with E-state index in [1.165, 1.54) is 17.7 Å². The molecule has 1 fully saturated rings. The lowest BCUT2D eigenvalue weighted by molar-refractivity contribution is -0.123. The summed E-state index contributed by atoms with van der Waals surface area (Å²) in [5.41, 5.74) is 0.0979. The van der Waals surface area contributed by atoms with Gasteiger partial charge in [0.15, 0.2) is 0 Å². The van der Waals surface area contributed by atoms with Crippen LogP contribution in [0.1, 0.15) is 75.7 Å². The van der Waals surface area contributed by atoms with Gasteiger partial charge in [-0.2, -0.15) is 0 Å². The van der Waals surface area contributed by atoms with Gasteiger partial charge in [-0.3, -0.25) is 4.79 Å². The maximum atomic E-state index is 12.2. The molecule has 1 aromatic rings. The van der Waals surface area contributed by atoms with E-state index in [1.807, 2.05) is 13.0 Å². The Balaban J connectivity index is 2.07. The molecule has 1 unspecified atom stereocenters. The molecule has 124 valence electrons. The Morgan fingerprint density at radius 3 is 2.50 bits per heavy atom. The van der Waals surface area contributed by atoms with Crippen LogP contribution in [-0.4, -0.2) is 17.6 Å². The van der Waals surface area contributed by atoms with Crippen molar-refractivity contribution in [3.8, 4) is 0 Å². The van der Waals surface area contributed by atoms with Crippen molar-refractivity contribution in [3.05, 3.63) is 21.9 Å². The Bertz CT molecular complexity index is 507. The third-order valence-electron chi connectivity index (χ3n) is 4.44. The summed E-state index contributed by atoms with van der Waals surface area (Å²) in [5.74, 6) is 0.145. The van der Waals surface area contributed by atoms with Crippen molar-refractivity contribution in [3.63, 3.8) is 0 Å². The van der Waals surface area contributed by atoms with E-state index in [4.69, 9.17) is 0 Å². The molecule has 0 aliphatic heterocycles. The molecule has 1 aliphatic rings. The van der Waals surface area contributed by atoms with Gasteiger partial charge < -0.3 is 10.4 Å². The maximum Gasteiger partial charge on any atom is 0.220 e. The second-order valence-electron chi connectivity index (χ2n) is 7.88. The Morgan fingerprint density at radius 1 is 1.36 bits per heavy atom. The average Bonchev–Trinajstić information content (AvgIpc) is 3.04. The van der Waals surface area contributed by atoms with Crippen LogP contribution in [-0.2, 0) is 10.2 Å². The normalized spacial score (nSPS) is 19.1. The van der Waals surface area contributed by atoms with Gasteiger partial charge in [0.1, 0.15) is 0 Å². The van der Waals surface area contributed by atoms with Gasteiger partial charge in [0, 0.05) is 28.1 Å². The van der Waals surface area contributed by atoms with Gasteiger partial charge in [0.05, 0.1) is 6.10 Å². The summed E-state index contributed by atoms with van der Waals surface area (Å²) in [6.45, 7) is 8.80. The van der Waals surface area contributed by atoms with Crippen LogP contribution in [0.25, 0.3) is 0 Å². The molecule has 2 rings (SSSR count). The van der Waals surface area contributed by atoms with Crippen LogP contribution in [0, 0.1) is 5.41 Å². The largest absolute Gasteiger partial charge is 0.388 e. The minimum atomic E-state index is -0.410. The maximum absolute atomic E-state index is 12.2. The van der Waals surface area contributed by atoms with Crippen molar-refractivity contribution < 1.29 is 9.90 Å². The number of nitrogens with one attached hydrogen (secondary N) is 1. The number of amides is 1. The summed E-state index contributed by atoms with van der Waals surface area (Å²) in [7, 11) is 0. The Kier molecular flexibility index (Phi) is 5.33. The van der Waals surface area contributed by atoms with Crippen LogP contribution in [0.3, 0.4) is 0 Å². The highest BCUT2D eigenvalue weighted by Gasteiger charge is 2.37. The SMILES string of the molecule is CC(O)c1ccc(C2(CNC(=O)CC(C)(C)C)CCCC2)s1. The van der Waals surface area contributed by atoms with E-state index in [0.29, 0.717) is 6.42 Å². The summed E-state index contributed by atoms with van der Waals surface area (Å²) in [4.78, 5) is 14.5. The lowest BCUT2D eigenvalue weighted by Gasteiger charge is -2.29. The van der Waals surface area contributed by atoms with Crippen molar-refractivity contribution >= 4 is 17.2 Å². The zero-order valence-corrected chi connectivity index (χ0v) is 15.1. The molecule has 1 heterocycles. The monoisotopic (exact) mass is 323 g/mol. The fourth-order valence-electron chi connectivity index (χ4n) is 3.24. The molecule has 3 nitrogen and oxygen atoms in total. The van der Waals surface area contributed by atoms with E-state index < -0.39 is 6.10 Å². The number of carbonyl (C=O) groups is 1. The first-order chi connectivity index (χ1) is 10.2. The third-order valence-corrected chi connectivity index (χ3v) is 5.94. The van der Waals surface area contributed by atoms with Crippen molar-refractivity contribution in [1.82, 2.24) is 5.32 Å². The van der Waals surface area contributed by atoms with Crippen molar-refractivity contribution in [2.75, 3.05) is 6.54 Å². The molecule has 1 saturated carbocycles. The molecule has 0 aromatic carbocycles. The van der Waals surface area contributed by atoms with Crippen LogP contribution in [0.15, 0.2) is 12.1 Å². The van der Waals surface area contributed by atoms with Crippen LogP contribution < -0.4 is 5.32 Å². The molecule has 0 radical (unpaired) electrons. The van der Waals surface area contributed by atoms with Crippen molar-refractivity contribution in [1.29, 1.82) is 0 Å². The number of carbonyl (C=O) groups excluding carboxylic acids is 1. The molecule has 1 amide bonds. The van der Waals surface area contributed by atoms with Gasteiger partial charge in [-0.15, -0.1) is 11.3 Å². The summed E-state index contributed by atoms with van der Waals surface area (Å²) in [6, 6.07) is 4.18. The summed E-state index contributed by atoms with van der Waals surface area (Å²) in [6.07, 6.45) is 4.85. The van der Waals surface area contributed by atoms with Crippen molar-refractivity contribution in [2.45, 2.75) is 71.3 Å². The van der Waals surface area contributed by atoms with Gasteiger partial charge in [-0.25, -0.2) is 0 Å². The predicted octanol–water partition coefficient (Wildman–Crippen LogP) is 4.17. The topological polar surface area (TPSA) is 49.3 Å². The second-order valence-corrected chi connectivity index (χ2v) is 8.99. The molecule has 1 aliphatic carbocycles. The molecule has 22 heavy (non-hydrogen) atoms. The molecule has 0 bridgehead atoms. The zero-order chi connectivity index (χ0) is 16.4. The molecule has 0 saturated heterocycles. The third kappa shape index (κ3) is 4.32. The first-order valence-corrected chi connectivity index (χ1v) is 9.09. The molecule has 2 N–H and O–H groups in total. The summed E-state index contributed by atoms with van der Waals surface area (Å²) in [5, 5.41) is 12.9. The minimum absolute atomic E-state index is 0.0232. The number of hydrogen-bond acceptors (Lipinski definition) is 3. The Morgan fingerprint density at radius 2 is 2.00 bits per heavy atom. The molecule has 0 spiro atoms. The van der Waals surface area contributed by atoms with E-state index >= 15 is 0 Å². The first-order valence-electron chi connectivity index (χ1n) is 8.27. The summed E-state index contributed by atoms with van der Waals surface area (Å²) >= 11 is 1.70. The van der Waals surface area contributed by atoms with Crippen LogP contribution in [0.2, 0.25) is 0 Å². The van der Waals surface area contributed by atoms with E-state index in [9.17, 15) is 9.90 Å². The standard InChI is InChI=1S/C18H29NO2S/c1-13(20)14-7-8-15(22-14)18(9-5-6-10-18)12-19-16(21)11-17(2,3)4/h7-8,13,20H,5-6,9-12H2,1-4H3,(H,19,21). The van der Waals surface area contributed by atoms with Gasteiger partial charge in [-0.05, 0) is 37.3 Å². The number of thiophene rings is 1. The Hall–Kier alpha value is -0.870. The minimum Gasteiger partial charge on any atom is -0.388 e. The van der Waals surface area contributed by atoms with E-state index in [1.54, 1.807) is 11.3 Å². The highest BCUT2D eigenvalue weighted by Crippen LogP contribution is 2.44. The smallest absolute Gasteiger partial charge is 0.220 e.